The van der Waals surface area contributed by atoms with Crippen LogP contribution in [0.4, 0.5) is 4.39 Å². The average Bonchev–Trinajstić information content (AvgIpc) is 3.39. The molecule has 1 amide bonds. The first-order valence-electron chi connectivity index (χ1n) is 9.03. The number of carbonyl (C=O) groups is 1. The van der Waals surface area contributed by atoms with Crippen molar-refractivity contribution in [3.05, 3.63) is 68.2 Å². The fourth-order valence-electron chi connectivity index (χ4n) is 3.05. The van der Waals surface area contributed by atoms with E-state index in [1.807, 2.05) is 18.5 Å². The summed E-state index contributed by atoms with van der Waals surface area (Å²) < 4.78 is 16.5. The molecule has 4 aromatic heterocycles. The van der Waals surface area contributed by atoms with Crippen LogP contribution in [0.15, 0.2) is 34.4 Å². The van der Waals surface area contributed by atoms with Crippen molar-refractivity contribution in [1.82, 2.24) is 29.7 Å². The van der Waals surface area contributed by atoms with Crippen molar-refractivity contribution < 1.29 is 9.18 Å². The van der Waals surface area contributed by atoms with E-state index in [-0.39, 0.29) is 18.5 Å². The molecule has 4 rings (SSSR count). The van der Waals surface area contributed by atoms with Crippen LogP contribution in [0.1, 0.15) is 27.5 Å². The van der Waals surface area contributed by atoms with Gasteiger partial charge in [-0.2, -0.15) is 10.2 Å². The molecule has 0 aromatic carbocycles. The number of hydrogen-bond donors (Lipinski definition) is 2. The van der Waals surface area contributed by atoms with Gasteiger partial charge in [-0.05, 0) is 13.0 Å². The number of rotatable bonds is 7. The zero-order valence-electron chi connectivity index (χ0n) is 16.2. The molecule has 0 unspecified atom stereocenters. The third-order valence-corrected chi connectivity index (χ3v) is 5.86. The summed E-state index contributed by atoms with van der Waals surface area (Å²) in [5, 5.41) is 12.5. The third kappa shape index (κ3) is 3.66. The van der Waals surface area contributed by atoms with E-state index < -0.39 is 5.82 Å². The summed E-state index contributed by atoms with van der Waals surface area (Å²) >= 11 is 1.43. The standard InChI is InChI=1S/C19H18FN7O2S/c1-11-13(7-23-27(10-28)9-12-4-3-5-21-19(12)29)17-18(26(11)2)24-16(30-17)6-15-14(20)8-22-25-15/h3-5,7-8,10H,6,9H2,1-2H3,(H,21,29)(H,22,25)/b23-7-. The summed E-state index contributed by atoms with van der Waals surface area (Å²) in [5.41, 5.74) is 2.96. The third-order valence-electron chi connectivity index (χ3n) is 4.78. The van der Waals surface area contributed by atoms with Crippen LogP contribution in [-0.2, 0) is 24.8 Å². The number of nitrogens with one attached hydrogen (secondary N) is 2. The van der Waals surface area contributed by atoms with E-state index in [1.54, 1.807) is 18.3 Å². The normalized spacial score (nSPS) is 11.6. The number of nitrogens with zero attached hydrogens (tertiary/aromatic N) is 5. The summed E-state index contributed by atoms with van der Waals surface area (Å²) in [6, 6.07) is 3.33. The lowest BCUT2D eigenvalue weighted by atomic mass is 10.3. The summed E-state index contributed by atoms with van der Waals surface area (Å²) in [7, 11) is 1.88. The van der Waals surface area contributed by atoms with E-state index in [4.69, 9.17) is 0 Å². The Bertz CT molecular complexity index is 1300. The second-order valence-electron chi connectivity index (χ2n) is 6.65. The lowest BCUT2D eigenvalue weighted by Crippen LogP contribution is -2.21. The van der Waals surface area contributed by atoms with Crippen LogP contribution in [-0.4, -0.2) is 42.4 Å². The van der Waals surface area contributed by atoms with E-state index in [0.717, 1.165) is 31.6 Å². The van der Waals surface area contributed by atoms with Crippen LogP contribution in [0.2, 0.25) is 0 Å². The number of aryl methyl sites for hydroxylation is 1. The summed E-state index contributed by atoms with van der Waals surface area (Å²) in [5.74, 6) is -0.398. The van der Waals surface area contributed by atoms with Crippen LogP contribution in [0.3, 0.4) is 0 Å². The van der Waals surface area contributed by atoms with Crippen molar-refractivity contribution in [2.45, 2.75) is 19.9 Å². The van der Waals surface area contributed by atoms with Gasteiger partial charge in [0.1, 0.15) is 10.7 Å². The average molecular weight is 427 g/mol. The topological polar surface area (TPSA) is 112 Å². The zero-order chi connectivity index (χ0) is 21.3. The van der Waals surface area contributed by atoms with Crippen molar-refractivity contribution in [2.75, 3.05) is 0 Å². The van der Waals surface area contributed by atoms with E-state index in [0.29, 0.717) is 17.7 Å². The number of amides is 1. The van der Waals surface area contributed by atoms with Gasteiger partial charge in [0.2, 0.25) is 6.41 Å². The molecule has 4 heterocycles. The molecule has 2 N–H and O–H groups in total. The Labute approximate surface area is 173 Å². The molecule has 0 bridgehead atoms. The van der Waals surface area contributed by atoms with Gasteiger partial charge in [-0.3, -0.25) is 14.7 Å². The molecule has 0 aliphatic rings. The first-order chi connectivity index (χ1) is 14.5. The van der Waals surface area contributed by atoms with Crippen LogP contribution in [0, 0.1) is 12.7 Å². The number of aromatic amines is 2. The van der Waals surface area contributed by atoms with Gasteiger partial charge < -0.3 is 9.55 Å². The fraction of sp³-hybridized carbons (Fsp3) is 0.211. The lowest BCUT2D eigenvalue weighted by Gasteiger charge is -2.10. The highest BCUT2D eigenvalue weighted by molar-refractivity contribution is 7.19. The molecule has 4 aromatic rings. The minimum Gasteiger partial charge on any atom is -0.332 e. The second kappa shape index (κ2) is 8.03. The highest BCUT2D eigenvalue weighted by Gasteiger charge is 2.18. The number of halogens is 1. The molecule has 0 atom stereocenters. The van der Waals surface area contributed by atoms with Crippen molar-refractivity contribution in [3.8, 4) is 0 Å². The molecule has 154 valence electrons. The molecular weight excluding hydrogens is 409 g/mol. The Kier molecular flexibility index (Phi) is 5.27. The maximum atomic E-state index is 13.7. The lowest BCUT2D eigenvalue weighted by molar-refractivity contribution is -0.118. The maximum absolute atomic E-state index is 13.7. The van der Waals surface area contributed by atoms with E-state index >= 15 is 0 Å². The van der Waals surface area contributed by atoms with Crippen LogP contribution >= 0.6 is 11.3 Å². The van der Waals surface area contributed by atoms with Crippen molar-refractivity contribution in [2.24, 2.45) is 12.1 Å². The highest BCUT2D eigenvalue weighted by atomic mass is 32.1. The molecule has 0 aliphatic heterocycles. The molecule has 0 saturated heterocycles. The highest BCUT2D eigenvalue weighted by Crippen LogP contribution is 2.30. The predicted molar refractivity (Wildman–Crippen MR) is 111 cm³/mol. The van der Waals surface area contributed by atoms with Crippen LogP contribution < -0.4 is 5.56 Å². The van der Waals surface area contributed by atoms with E-state index in [1.165, 1.54) is 23.7 Å². The number of H-pyrrole nitrogens is 2. The Balaban J connectivity index is 1.63. The SMILES string of the molecule is Cc1c(/C=N\N(C=O)Cc2ccc[nH]c2=O)c2sc(Cc3n[nH]cc3F)nc2n1C. The van der Waals surface area contributed by atoms with Crippen molar-refractivity contribution in [3.63, 3.8) is 0 Å². The molecule has 9 nitrogen and oxygen atoms in total. The van der Waals surface area contributed by atoms with E-state index in [9.17, 15) is 14.0 Å². The number of pyridine rings is 1. The molecule has 0 radical (unpaired) electrons. The van der Waals surface area contributed by atoms with Crippen LogP contribution in [0.5, 0.6) is 0 Å². The fourth-order valence-corrected chi connectivity index (χ4v) is 4.21. The minimum atomic E-state index is -0.398. The smallest absolute Gasteiger partial charge is 0.253 e. The summed E-state index contributed by atoms with van der Waals surface area (Å²) in [6.45, 7) is 1.98. The molecule has 0 aliphatic carbocycles. The number of carbonyl (C=O) groups excluding carboxylic acids is 1. The Morgan fingerprint density at radius 3 is 2.97 bits per heavy atom. The van der Waals surface area contributed by atoms with Gasteiger partial charge in [0.25, 0.3) is 5.56 Å². The Morgan fingerprint density at radius 1 is 1.43 bits per heavy atom. The number of fused-ring (bicyclic) bond motifs is 1. The number of aromatic nitrogens is 5. The largest absolute Gasteiger partial charge is 0.332 e. The predicted octanol–water partition coefficient (Wildman–Crippen LogP) is 2.08. The molecule has 30 heavy (non-hydrogen) atoms. The Morgan fingerprint density at radius 2 is 2.27 bits per heavy atom. The van der Waals surface area contributed by atoms with Gasteiger partial charge in [-0.15, -0.1) is 11.3 Å². The van der Waals surface area contributed by atoms with Crippen molar-refractivity contribution >= 4 is 34.3 Å². The van der Waals surface area contributed by atoms with Gasteiger partial charge in [-0.25, -0.2) is 14.4 Å². The molecule has 11 heteroatoms. The zero-order valence-corrected chi connectivity index (χ0v) is 17.0. The number of thiazole rings is 1. The maximum Gasteiger partial charge on any atom is 0.253 e. The Hall–Kier alpha value is -3.60. The number of hydrogen-bond acceptors (Lipinski definition) is 6. The quantitative estimate of drug-likeness (QED) is 0.267. The van der Waals surface area contributed by atoms with Gasteiger partial charge in [0.05, 0.1) is 23.7 Å². The minimum absolute atomic E-state index is 0.0531. The molecule has 0 saturated carbocycles. The van der Waals surface area contributed by atoms with Gasteiger partial charge in [0, 0.05) is 36.5 Å². The van der Waals surface area contributed by atoms with Gasteiger partial charge in [0.15, 0.2) is 11.5 Å². The summed E-state index contributed by atoms with van der Waals surface area (Å²) in [4.78, 5) is 30.5. The first-order valence-corrected chi connectivity index (χ1v) is 9.85. The molecule has 0 fully saturated rings. The van der Waals surface area contributed by atoms with Gasteiger partial charge in [-0.1, -0.05) is 6.07 Å². The van der Waals surface area contributed by atoms with Crippen molar-refractivity contribution in [1.29, 1.82) is 0 Å². The number of hydrazone groups is 1. The van der Waals surface area contributed by atoms with Crippen LogP contribution in [0.25, 0.3) is 10.3 Å². The molecule has 0 spiro atoms. The molecular formula is C19H18FN7O2S. The van der Waals surface area contributed by atoms with Gasteiger partial charge >= 0.3 is 0 Å². The van der Waals surface area contributed by atoms with E-state index in [2.05, 4.69) is 25.3 Å². The monoisotopic (exact) mass is 427 g/mol. The first kappa shape index (κ1) is 19.7. The second-order valence-corrected chi connectivity index (χ2v) is 7.73. The summed E-state index contributed by atoms with van der Waals surface area (Å²) in [6.07, 6.45) is 5.16.